The lowest BCUT2D eigenvalue weighted by Crippen LogP contribution is -2.25. The molecule has 3 amide bonds. The molecule has 7 heteroatoms. The summed E-state index contributed by atoms with van der Waals surface area (Å²) in [7, 11) is 0. The maximum absolute atomic E-state index is 12.1. The van der Waals surface area contributed by atoms with Crippen molar-refractivity contribution in [1.29, 1.82) is 0 Å². The van der Waals surface area contributed by atoms with Crippen LogP contribution in [0.1, 0.15) is 61.5 Å². The number of nitrogens with one attached hydrogen (secondary N) is 3. The van der Waals surface area contributed by atoms with Gasteiger partial charge in [0.1, 0.15) is 5.69 Å². The van der Waals surface area contributed by atoms with E-state index >= 15 is 0 Å². The van der Waals surface area contributed by atoms with E-state index in [1.807, 2.05) is 31.2 Å². The number of hydrogen-bond donors (Lipinski definition) is 3. The minimum Gasteiger partial charge on any atom is -0.351 e. The molecule has 27 heavy (non-hydrogen) atoms. The molecule has 0 aliphatic carbocycles. The van der Waals surface area contributed by atoms with Gasteiger partial charge in [-0.3, -0.25) is 10.1 Å². The highest BCUT2D eigenvalue weighted by molar-refractivity contribution is 7.14. The molecule has 0 aliphatic heterocycles. The van der Waals surface area contributed by atoms with E-state index < -0.39 is 0 Å². The summed E-state index contributed by atoms with van der Waals surface area (Å²) >= 11 is 1.23. The summed E-state index contributed by atoms with van der Waals surface area (Å²) in [6.45, 7) is 4.81. The molecule has 2 rings (SSSR count). The molecular weight excluding hydrogens is 360 g/mol. The second-order valence-corrected chi connectivity index (χ2v) is 7.37. The number of benzene rings is 1. The van der Waals surface area contributed by atoms with Crippen LogP contribution >= 0.6 is 11.3 Å². The number of anilines is 2. The first-order valence-corrected chi connectivity index (χ1v) is 10.3. The molecule has 0 saturated carbocycles. The molecule has 6 nitrogen and oxygen atoms in total. The Bertz CT molecular complexity index is 745. The maximum Gasteiger partial charge on any atom is 0.325 e. The molecule has 1 aromatic carbocycles. The number of amides is 3. The molecule has 146 valence electrons. The number of rotatable bonds is 10. The fraction of sp³-hybridized carbons (Fsp3) is 0.450. The molecule has 0 aliphatic rings. The molecule has 1 heterocycles. The quantitative estimate of drug-likeness (QED) is 0.490. The number of unbranched alkanes of at least 4 members (excludes halogenated alkanes) is 5. The van der Waals surface area contributed by atoms with Crippen LogP contribution in [0.25, 0.3) is 0 Å². The van der Waals surface area contributed by atoms with Gasteiger partial charge in [0.2, 0.25) is 0 Å². The average Bonchev–Trinajstić information content (AvgIpc) is 3.09. The highest BCUT2D eigenvalue weighted by Crippen LogP contribution is 2.16. The first kappa shape index (κ1) is 20.9. The summed E-state index contributed by atoms with van der Waals surface area (Å²) < 4.78 is 0. The number of nitrogens with zero attached hydrogens (tertiary/aromatic N) is 1. The number of aryl methyl sites for hydroxylation is 1. The average molecular weight is 389 g/mol. The van der Waals surface area contributed by atoms with E-state index in [2.05, 4.69) is 27.9 Å². The summed E-state index contributed by atoms with van der Waals surface area (Å²) in [6, 6.07) is 7.15. The predicted octanol–water partition coefficient (Wildman–Crippen LogP) is 5.19. The van der Waals surface area contributed by atoms with Crippen molar-refractivity contribution in [3.63, 3.8) is 0 Å². The molecule has 0 radical (unpaired) electrons. The van der Waals surface area contributed by atoms with E-state index in [1.165, 1.54) is 37.0 Å². The number of hydrogen-bond acceptors (Lipinski definition) is 4. The highest BCUT2D eigenvalue weighted by Gasteiger charge is 2.12. The molecule has 0 fully saturated rings. The van der Waals surface area contributed by atoms with Crippen LogP contribution in [-0.2, 0) is 0 Å². The van der Waals surface area contributed by atoms with E-state index in [1.54, 1.807) is 5.38 Å². The summed E-state index contributed by atoms with van der Waals surface area (Å²) in [5.74, 6) is -0.202. The van der Waals surface area contributed by atoms with E-state index in [4.69, 9.17) is 0 Å². The lowest BCUT2D eigenvalue weighted by molar-refractivity contribution is 0.0948. The standard InChI is InChI=1S/C20H28N4O2S/c1-3-4-5-6-7-8-12-21-18(25)17-14-27-20(23-17)24-19(26)22-16-11-9-10-15(2)13-16/h9-11,13-14H,3-8,12H2,1-2H3,(H,21,25)(H2,22,23,24,26). The van der Waals surface area contributed by atoms with Crippen LogP contribution in [0.15, 0.2) is 29.6 Å². The number of carbonyl (C=O) groups is 2. The Kier molecular flexibility index (Phi) is 8.77. The molecule has 0 spiro atoms. The van der Waals surface area contributed by atoms with Crippen molar-refractivity contribution in [3.8, 4) is 0 Å². The summed E-state index contributed by atoms with van der Waals surface area (Å²) in [4.78, 5) is 28.3. The fourth-order valence-electron chi connectivity index (χ4n) is 2.62. The zero-order valence-corrected chi connectivity index (χ0v) is 16.8. The Balaban J connectivity index is 1.71. The minimum atomic E-state index is -0.381. The molecule has 2 aromatic rings. The third-order valence-electron chi connectivity index (χ3n) is 4.05. The van der Waals surface area contributed by atoms with Crippen LogP contribution in [0.2, 0.25) is 0 Å². The second-order valence-electron chi connectivity index (χ2n) is 6.51. The maximum atomic E-state index is 12.1. The van der Waals surface area contributed by atoms with Gasteiger partial charge in [-0.15, -0.1) is 11.3 Å². The molecule has 0 atom stereocenters. The molecule has 3 N–H and O–H groups in total. The largest absolute Gasteiger partial charge is 0.351 e. The van der Waals surface area contributed by atoms with E-state index in [9.17, 15) is 9.59 Å². The van der Waals surface area contributed by atoms with Crippen molar-refractivity contribution in [1.82, 2.24) is 10.3 Å². The number of urea groups is 1. The third kappa shape index (κ3) is 7.78. The van der Waals surface area contributed by atoms with Gasteiger partial charge in [0.05, 0.1) is 0 Å². The van der Waals surface area contributed by atoms with E-state index in [0.29, 0.717) is 23.1 Å². The molecule has 0 unspecified atom stereocenters. The van der Waals surface area contributed by atoms with Crippen molar-refractivity contribution in [2.24, 2.45) is 0 Å². The van der Waals surface area contributed by atoms with Gasteiger partial charge in [-0.05, 0) is 31.0 Å². The lowest BCUT2D eigenvalue weighted by atomic mass is 10.1. The van der Waals surface area contributed by atoms with Gasteiger partial charge in [-0.25, -0.2) is 9.78 Å². The lowest BCUT2D eigenvalue weighted by Gasteiger charge is -2.06. The first-order chi connectivity index (χ1) is 13.1. The van der Waals surface area contributed by atoms with Crippen molar-refractivity contribution in [3.05, 3.63) is 40.9 Å². The Morgan fingerprint density at radius 2 is 1.85 bits per heavy atom. The normalized spacial score (nSPS) is 10.4. The van der Waals surface area contributed by atoms with Crippen molar-refractivity contribution < 1.29 is 9.59 Å². The monoisotopic (exact) mass is 388 g/mol. The zero-order chi connectivity index (χ0) is 19.5. The van der Waals surface area contributed by atoms with Gasteiger partial charge in [-0.1, -0.05) is 51.2 Å². The van der Waals surface area contributed by atoms with Crippen LogP contribution in [0, 0.1) is 6.92 Å². The summed E-state index contributed by atoms with van der Waals surface area (Å²) in [5.41, 5.74) is 2.10. The van der Waals surface area contributed by atoms with Gasteiger partial charge in [0.15, 0.2) is 5.13 Å². The Morgan fingerprint density at radius 3 is 2.63 bits per heavy atom. The summed E-state index contributed by atoms with van der Waals surface area (Å²) in [6.07, 6.45) is 7.09. The summed E-state index contributed by atoms with van der Waals surface area (Å²) in [5, 5.41) is 10.3. The van der Waals surface area contributed by atoms with Gasteiger partial charge in [0.25, 0.3) is 5.91 Å². The van der Waals surface area contributed by atoms with E-state index in [0.717, 1.165) is 18.4 Å². The van der Waals surface area contributed by atoms with Crippen molar-refractivity contribution >= 4 is 34.1 Å². The predicted molar refractivity (Wildman–Crippen MR) is 112 cm³/mol. The molecule has 0 bridgehead atoms. The Morgan fingerprint density at radius 1 is 1.07 bits per heavy atom. The number of carbonyl (C=O) groups excluding carboxylic acids is 2. The van der Waals surface area contributed by atoms with Gasteiger partial charge in [-0.2, -0.15) is 0 Å². The van der Waals surface area contributed by atoms with Crippen molar-refractivity contribution in [2.45, 2.75) is 52.4 Å². The number of thiazole rings is 1. The Hall–Kier alpha value is -2.41. The van der Waals surface area contributed by atoms with Crippen molar-refractivity contribution in [2.75, 3.05) is 17.2 Å². The van der Waals surface area contributed by atoms with Gasteiger partial charge < -0.3 is 10.6 Å². The molecule has 1 aromatic heterocycles. The van der Waals surface area contributed by atoms with Gasteiger partial charge in [0, 0.05) is 17.6 Å². The molecule has 0 saturated heterocycles. The smallest absolute Gasteiger partial charge is 0.325 e. The minimum absolute atomic E-state index is 0.202. The topological polar surface area (TPSA) is 83.1 Å². The van der Waals surface area contributed by atoms with Crippen LogP contribution in [0.3, 0.4) is 0 Å². The second kappa shape index (κ2) is 11.3. The highest BCUT2D eigenvalue weighted by atomic mass is 32.1. The first-order valence-electron chi connectivity index (χ1n) is 9.47. The SMILES string of the molecule is CCCCCCCCNC(=O)c1csc(NC(=O)Nc2cccc(C)c2)n1. The van der Waals surface area contributed by atoms with Gasteiger partial charge >= 0.3 is 6.03 Å². The Labute approximate surface area is 164 Å². The van der Waals surface area contributed by atoms with E-state index in [-0.39, 0.29) is 11.9 Å². The number of aromatic nitrogens is 1. The fourth-order valence-corrected chi connectivity index (χ4v) is 3.30. The van der Waals surface area contributed by atoms with Crippen LogP contribution in [-0.4, -0.2) is 23.5 Å². The van der Waals surface area contributed by atoms with Crippen LogP contribution in [0.4, 0.5) is 15.6 Å². The zero-order valence-electron chi connectivity index (χ0n) is 16.0. The molecular formula is C20H28N4O2S. The van der Waals surface area contributed by atoms with Crippen LogP contribution in [0.5, 0.6) is 0 Å². The van der Waals surface area contributed by atoms with Crippen LogP contribution < -0.4 is 16.0 Å². The third-order valence-corrected chi connectivity index (χ3v) is 4.81.